The smallest absolute Gasteiger partial charge is 0.171 e. The van der Waals surface area contributed by atoms with Gasteiger partial charge in [-0.25, -0.2) is 0 Å². The van der Waals surface area contributed by atoms with Crippen LogP contribution in [0.2, 0.25) is 5.02 Å². The Bertz CT molecular complexity index is 804. The quantitative estimate of drug-likeness (QED) is 0.571. The van der Waals surface area contributed by atoms with Crippen molar-refractivity contribution >= 4 is 46.4 Å². The normalized spacial score (nSPS) is 10.4. The Hall–Kier alpha value is -1.95. The molecule has 24 heavy (non-hydrogen) atoms. The zero-order valence-corrected chi connectivity index (χ0v) is 15.0. The van der Waals surface area contributed by atoms with Crippen LogP contribution in [-0.2, 0) is 6.54 Å². The van der Waals surface area contributed by atoms with Crippen molar-refractivity contribution in [2.45, 2.75) is 16.3 Å². The SMILES string of the molecule is S=C(NCc1ccco1)Nc1ccccc1Sc1ccc(Cl)cc1. The third kappa shape index (κ3) is 4.77. The van der Waals surface area contributed by atoms with Crippen LogP contribution in [0.4, 0.5) is 5.69 Å². The number of benzene rings is 2. The molecular weight excluding hydrogens is 360 g/mol. The number of halogens is 1. The fourth-order valence-corrected chi connectivity index (χ4v) is 3.25. The Labute approximate surface area is 155 Å². The Morgan fingerprint density at radius 2 is 1.83 bits per heavy atom. The van der Waals surface area contributed by atoms with Gasteiger partial charge in [0.15, 0.2) is 5.11 Å². The van der Waals surface area contributed by atoms with Gasteiger partial charge in [-0.3, -0.25) is 0 Å². The Morgan fingerprint density at radius 1 is 1.04 bits per heavy atom. The van der Waals surface area contributed by atoms with Crippen molar-refractivity contribution in [2.24, 2.45) is 0 Å². The molecule has 6 heteroatoms. The van der Waals surface area contributed by atoms with Gasteiger partial charge < -0.3 is 15.1 Å². The lowest BCUT2D eigenvalue weighted by atomic mass is 10.3. The number of rotatable bonds is 5. The van der Waals surface area contributed by atoms with E-state index < -0.39 is 0 Å². The molecule has 0 aliphatic rings. The van der Waals surface area contributed by atoms with E-state index in [1.54, 1.807) is 18.0 Å². The first kappa shape index (κ1) is 16.9. The second kappa shape index (κ2) is 8.24. The van der Waals surface area contributed by atoms with Crippen molar-refractivity contribution in [1.82, 2.24) is 5.32 Å². The van der Waals surface area contributed by atoms with Gasteiger partial charge in [0.2, 0.25) is 0 Å². The van der Waals surface area contributed by atoms with Gasteiger partial charge in [-0.05, 0) is 60.7 Å². The van der Waals surface area contributed by atoms with Crippen LogP contribution < -0.4 is 10.6 Å². The summed E-state index contributed by atoms with van der Waals surface area (Å²) in [5, 5.41) is 7.65. The van der Waals surface area contributed by atoms with Crippen LogP contribution in [-0.4, -0.2) is 5.11 Å². The van der Waals surface area contributed by atoms with Gasteiger partial charge in [0, 0.05) is 14.8 Å². The molecule has 122 valence electrons. The van der Waals surface area contributed by atoms with Gasteiger partial charge in [0.25, 0.3) is 0 Å². The van der Waals surface area contributed by atoms with E-state index in [1.165, 1.54) is 0 Å². The molecule has 1 aromatic heterocycles. The molecule has 0 radical (unpaired) electrons. The van der Waals surface area contributed by atoms with Gasteiger partial charge in [-0.15, -0.1) is 0 Å². The standard InChI is InChI=1S/C18H15ClN2OS2/c19-13-7-9-15(10-8-13)24-17-6-2-1-5-16(17)21-18(23)20-12-14-4-3-11-22-14/h1-11H,12H2,(H2,20,21,23). The molecule has 0 amide bonds. The van der Waals surface area contributed by atoms with E-state index in [0.717, 1.165) is 26.3 Å². The van der Waals surface area contributed by atoms with Gasteiger partial charge in [-0.1, -0.05) is 35.5 Å². The lowest BCUT2D eigenvalue weighted by Gasteiger charge is -2.13. The van der Waals surface area contributed by atoms with E-state index in [9.17, 15) is 0 Å². The van der Waals surface area contributed by atoms with E-state index in [0.29, 0.717) is 11.7 Å². The number of nitrogens with one attached hydrogen (secondary N) is 2. The van der Waals surface area contributed by atoms with E-state index in [1.807, 2.05) is 54.6 Å². The van der Waals surface area contributed by atoms with Crippen LogP contribution in [0.1, 0.15) is 5.76 Å². The summed E-state index contributed by atoms with van der Waals surface area (Å²) in [6, 6.07) is 19.5. The second-order valence-electron chi connectivity index (χ2n) is 4.94. The maximum Gasteiger partial charge on any atom is 0.171 e. The Morgan fingerprint density at radius 3 is 2.58 bits per heavy atom. The van der Waals surface area contributed by atoms with Crippen LogP contribution >= 0.6 is 35.6 Å². The average molecular weight is 375 g/mol. The zero-order valence-electron chi connectivity index (χ0n) is 12.7. The molecule has 0 aliphatic carbocycles. The van der Waals surface area contributed by atoms with Crippen molar-refractivity contribution < 1.29 is 4.42 Å². The summed E-state index contributed by atoms with van der Waals surface area (Å²) in [5.41, 5.74) is 0.953. The molecule has 0 unspecified atom stereocenters. The van der Waals surface area contributed by atoms with Gasteiger partial charge in [0.1, 0.15) is 5.76 Å². The molecular formula is C18H15ClN2OS2. The molecule has 3 aromatic rings. The lowest BCUT2D eigenvalue weighted by Crippen LogP contribution is -2.27. The second-order valence-corrected chi connectivity index (χ2v) is 6.90. The van der Waals surface area contributed by atoms with Gasteiger partial charge in [0.05, 0.1) is 18.5 Å². The first-order valence-corrected chi connectivity index (χ1v) is 8.91. The first-order valence-electron chi connectivity index (χ1n) is 7.30. The van der Waals surface area contributed by atoms with E-state index >= 15 is 0 Å². The minimum atomic E-state index is 0.547. The molecule has 1 heterocycles. The number of anilines is 1. The van der Waals surface area contributed by atoms with Crippen molar-refractivity contribution in [3.8, 4) is 0 Å². The maximum atomic E-state index is 5.94. The summed E-state index contributed by atoms with van der Waals surface area (Å²) in [4.78, 5) is 2.20. The van der Waals surface area contributed by atoms with Crippen LogP contribution in [0, 0.1) is 0 Å². The minimum absolute atomic E-state index is 0.547. The minimum Gasteiger partial charge on any atom is -0.467 e. The van der Waals surface area contributed by atoms with Crippen molar-refractivity contribution in [1.29, 1.82) is 0 Å². The number of hydrogen-bond acceptors (Lipinski definition) is 3. The molecule has 3 rings (SSSR count). The van der Waals surface area contributed by atoms with E-state index in [-0.39, 0.29) is 0 Å². The summed E-state index contributed by atoms with van der Waals surface area (Å²) >= 11 is 13.0. The van der Waals surface area contributed by atoms with Crippen LogP contribution in [0.25, 0.3) is 0 Å². The summed E-state index contributed by atoms with van der Waals surface area (Å²) in [6.45, 7) is 0.547. The monoisotopic (exact) mass is 374 g/mol. The summed E-state index contributed by atoms with van der Waals surface area (Å²) in [5.74, 6) is 0.836. The first-order chi connectivity index (χ1) is 11.7. The largest absolute Gasteiger partial charge is 0.467 e. The third-order valence-electron chi connectivity index (χ3n) is 3.18. The predicted molar refractivity (Wildman–Crippen MR) is 104 cm³/mol. The molecule has 2 N–H and O–H groups in total. The fourth-order valence-electron chi connectivity index (χ4n) is 2.04. The Kier molecular flexibility index (Phi) is 5.80. The highest BCUT2D eigenvalue weighted by atomic mass is 35.5. The number of furan rings is 1. The molecule has 0 saturated heterocycles. The van der Waals surface area contributed by atoms with Crippen molar-refractivity contribution in [2.75, 3.05) is 5.32 Å². The molecule has 3 nitrogen and oxygen atoms in total. The van der Waals surface area contributed by atoms with Crippen molar-refractivity contribution in [3.05, 3.63) is 77.7 Å². The number of hydrogen-bond donors (Lipinski definition) is 2. The fraction of sp³-hybridized carbons (Fsp3) is 0.0556. The van der Waals surface area contributed by atoms with Gasteiger partial charge >= 0.3 is 0 Å². The molecule has 0 saturated carbocycles. The maximum absolute atomic E-state index is 5.94. The average Bonchev–Trinajstić information content (AvgIpc) is 3.10. The summed E-state index contributed by atoms with van der Waals surface area (Å²) in [6.07, 6.45) is 1.64. The Balaban J connectivity index is 1.65. The highest BCUT2D eigenvalue weighted by Crippen LogP contribution is 2.33. The highest BCUT2D eigenvalue weighted by Gasteiger charge is 2.06. The van der Waals surface area contributed by atoms with E-state index in [4.69, 9.17) is 28.2 Å². The van der Waals surface area contributed by atoms with E-state index in [2.05, 4.69) is 16.7 Å². The molecule has 0 bridgehead atoms. The van der Waals surface area contributed by atoms with Crippen LogP contribution in [0.15, 0.2) is 81.1 Å². The van der Waals surface area contributed by atoms with Crippen molar-refractivity contribution in [3.63, 3.8) is 0 Å². The molecule has 2 aromatic carbocycles. The highest BCUT2D eigenvalue weighted by molar-refractivity contribution is 7.99. The zero-order chi connectivity index (χ0) is 16.8. The number of para-hydroxylation sites is 1. The van der Waals surface area contributed by atoms with Crippen LogP contribution in [0.3, 0.4) is 0 Å². The molecule has 0 spiro atoms. The van der Waals surface area contributed by atoms with Gasteiger partial charge in [-0.2, -0.15) is 0 Å². The summed E-state index contributed by atoms with van der Waals surface area (Å²) < 4.78 is 5.28. The molecule has 0 aliphatic heterocycles. The predicted octanol–water partition coefficient (Wildman–Crippen LogP) is 5.57. The lowest BCUT2D eigenvalue weighted by molar-refractivity contribution is 0.503. The molecule has 0 fully saturated rings. The number of thiocarbonyl (C=S) groups is 1. The summed E-state index contributed by atoms with van der Waals surface area (Å²) in [7, 11) is 0. The molecule has 0 atom stereocenters. The topological polar surface area (TPSA) is 37.2 Å². The third-order valence-corrected chi connectivity index (χ3v) is 4.76. The van der Waals surface area contributed by atoms with Crippen LogP contribution in [0.5, 0.6) is 0 Å².